The third kappa shape index (κ3) is 6.85. The van der Waals surface area contributed by atoms with Gasteiger partial charge in [-0.3, -0.25) is 4.79 Å². The number of methoxy groups -OCH3 is 1. The molecule has 3 heterocycles. The lowest BCUT2D eigenvalue weighted by Gasteiger charge is -2.39. The molecular formula is C31H45Cl2N3O2. The summed E-state index contributed by atoms with van der Waals surface area (Å²) in [6.07, 6.45) is 3.01. The van der Waals surface area contributed by atoms with Crippen LogP contribution in [0, 0.1) is 17.3 Å². The molecule has 0 aliphatic carbocycles. The number of hydrogen-bond donors (Lipinski definition) is 0. The molecular weight excluding hydrogens is 517 g/mol. The second-order valence-electron chi connectivity index (χ2n) is 11.8. The fraction of sp³-hybridized carbons (Fsp3) is 0.581. The first-order chi connectivity index (χ1) is 17.5. The summed E-state index contributed by atoms with van der Waals surface area (Å²) < 4.78 is 5.27. The van der Waals surface area contributed by atoms with E-state index >= 15 is 0 Å². The first-order valence-corrected chi connectivity index (χ1v) is 13.9. The maximum Gasteiger partial charge on any atom is 0.229 e. The first-order valence-electron chi connectivity index (χ1n) is 13.9. The maximum absolute atomic E-state index is 13.5. The Kier molecular flexibility index (Phi) is 10.9. The number of ether oxygens (including phenoxy) is 1. The molecule has 7 heteroatoms. The Morgan fingerprint density at radius 1 is 0.895 bits per heavy atom. The lowest BCUT2D eigenvalue weighted by Crippen LogP contribution is -2.46. The van der Waals surface area contributed by atoms with Crippen molar-refractivity contribution in [2.45, 2.75) is 45.6 Å². The summed E-state index contributed by atoms with van der Waals surface area (Å²) in [7, 11) is 1.69. The van der Waals surface area contributed by atoms with E-state index in [0.29, 0.717) is 30.2 Å². The van der Waals surface area contributed by atoms with Crippen molar-refractivity contribution in [3.63, 3.8) is 0 Å². The van der Waals surface area contributed by atoms with Crippen molar-refractivity contribution < 1.29 is 9.53 Å². The number of piperidine rings is 1. The molecule has 5 nitrogen and oxygen atoms in total. The van der Waals surface area contributed by atoms with Crippen molar-refractivity contribution in [3.05, 3.63) is 65.7 Å². The third-order valence-corrected chi connectivity index (χ3v) is 8.81. The molecule has 1 spiro atoms. The topological polar surface area (TPSA) is 36.0 Å². The fourth-order valence-electron chi connectivity index (χ4n) is 6.84. The molecule has 2 aromatic rings. The number of nitrogens with zero attached hydrogens (tertiary/aromatic N) is 3. The third-order valence-electron chi connectivity index (χ3n) is 8.81. The summed E-state index contributed by atoms with van der Waals surface area (Å²) in [6, 6.07) is 19.3. The molecule has 3 fully saturated rings. The van der Waals surface area contributed by atoms with Gasteiger partial charge in [-0.15, -0.1) is 24.8 Å². The van der Waals surface area contributed by atoms with Gasteiger partial charge in [0.25, 0.3) is 0 Å². The minimum Gasteiger partial charge on any atom is -0.497 e. The number of benzene rings is 2. The highest BCUT2D eigenvalue weighted by molar-refractivity contribution is 5.86. The van der Waals surface area contributed by atoms with E-state index in [-0.39, 0.29) is 30.2 Å². The molecule has 38 heavy (non-hydrogen) atoms. The van der Waals surface area contributed by atoms with Crippen LogP contribution in [-0.4, -0.2) is 73.5 Å². The zero-order chi connectivity index (χ0) is 25.1. The van der Waals surface area contributed by atoms with Crippen molar-refractivity contribution in [2.24, 2.45) is 17.3 Å². The minimum absolute atomic E-state index is 0. The van der Waals surface area contributed by atoms with Gasteiger partial charge >= 0.3 is 0 Å². The van der Waals surface area contributed by atoms with Gasteiger partial charge in [0, 0.05) is 45.2 Å². The molecule has 3 aliphatic heterocycles. The molecule has 0 saturated carbocycles. The van der Waals surface area contributed by atoms with Crippen molar-refractivity contribution in [3.8, 4) is 5.75 Å². The van der Waals surface area contributed by atoms with Gasteiger partial charge in [0.05, 0.1) is 12.5 Å². The van der Waals surface area contributed by atoms with E-state index in [4.69, 9.17) is 4.74 Å². The minimum atomic E-state index is -0.138. The number of halogens is 2. The largest absolute Gasteiger partial charge is 0.497 e. The fourth-order valence-corrected chi connectivity index (χ4v) is 6.84. The normalized spacial score (nSPS) is 23.5. The lowest BCUT2D eigenvalue weighted by atomic mass is 9.76. The van der Waals surface area contributed by atoms with Crippen LogP contribution in [0.5, 0.6) is 5.75 Å². The van der Waals surface area contributed by atoms with Crippen LogP contribution in [0.25, 0.3) is 0 Å². The van der Waals surface area contributed by atoms with Crippen LogP contribution in [0.2, 0.25) is 0 Å². The highest BCUT2D eigenvalue weighted by atomic mass is 35.5. The Morgan fingerprint density at radius 3 is 2.18 bits per heavy atom. The molecule has 3 aliphatic rings. The van der Waals surface area contributed by atoms with Crippen LogP contribution in [0.4, 0.5) is 0 Å². The number of carbonyl (C=O) groups is 1. The molecule has 2 atom stereocenters. The summed E-state index contributed by atoms with van der Waals surface area (Å²) in [5, 5.41) is 0. The standard InChI is InChI=1S/C31H43N3O2.2ClH/c1-24(2)19-33-22-27(29(23-33)26-7-5-4-6-8-26)21-32-16-13-31(14-17-32)15-18-34(30(31)35)20-25-9-11-28(36-3)12-10-25;;/h4-12,24,27,29H,13-23H2,1-3H3;2*1H/t27-,29+;;/m0../s1. The summed E-state index contributed by atoms with van der Waals surface area (Å²) >= 11 is 0. The Balaban J connectivity index is 0.00000200. The Labute approximate surface area is 241 Å². The maximum atomic E-state index is 13.5. The van der Waals surface area contributed by atoms with E-state index in [9.17, 15) is 4.79 Å². The van der Waals surface area contributed by atoms with Crippen LogP contribution in [0.15, 0.2) is 54.6 Å². The average Bonchev–Trinajstić information content (AvgIpc) is 3.42. The van der Waals surface area contributed by atoms with E-state index in [1.54, 1.807) is 7.11 Å². The van der Waals surface area contributed by atoms with Crippen LogP contribution < -0.4 is 4.74 Å². The van der Waals surface area contributed by atoms with E-state index in [1.807, 2.05) is 12.1 Å². The molecule has 0 bridgehead atoms. The van der Waals surface area contributed by atoms with Gasteiger partial charge in [-0.2, -0.15) is 0 Å². The first kappa shape index (κ1) is 30.7. The van der Waals surface area contributed by atoms with Gasteiger partial charge in [0.2, 0.25) is 5.91 Å². The number of amides is 1. The average molecular weight is 563 g/mol. The summed E-state index contributed by atoms with van der Waals surface area (Å²) in [5.41, 5.74) is 2.53. The van der Waals surface area contributed by atoms with Gasteiger partial charge < -0.3 is 19.4 Å². The zero-order valence-corrected chi connectivity index (χ0v) is 24.8. The van der Waals surface area contributed by atoms with Crippen molar-refractivity contribution >= 4 is 30.7 Å². The summed E-state index contributed by atoms with van der Waals surface area (Å²) in [4.78, 5) is 20.9. The lowest BCUT2D eigenvalue weighted by molar-refractivity contribution is -0.139. The number of likely N-dealkylation sites (tertiary alicyclic amines) is 3. The highest BCUT2D eigenvalue weighted by Gasteiger charge is 2.48. The van der Waals surface area contributed by atoms with E-state index in [1.165, 1.54) is 30.8 Å². The van der Waals surface area contributed by atoms with Gasteiger partial charge in [-0.05, 0) is 67.4 Å². The summed E-state index contributed by atoms with van der Waals surface area (Å²) in [5.74, 6) is 3.20. The van der Waals surface area contributed by atoms with Crippen molar-refractivity contribution in [1.29, 1.82) is 0 Å². The molecule has 210 valence electrons. The molecule has 0 N–H and O–H groups in total. The van der Waals surface area contributed by atoms with Gasteiger partial charge in [-0.25, -0.2) is 0 Å². The second kappa shape index (κ2) is 13.5. The Bertz CT molecular complexity index is 1010. The van der Waals surface area contributed by atoms with Gasteiger partial charge in [0.15, 0.2) is 0 Å². The zero-order valence-electron chi connectivity index (χ0n) is 23.2. The van der Waals surface area contributed by atoms with Crippen molar-refractivity contribution in [2.75, 3.05) is 52.9 Å². The quantitative estimate of drug-likeness (QED) is 0.412. The SMILES string of the molecule is COc1ccc(CN2CCC3(CCN(C[C@H]4CN(CC(C)C)C[C@@H]4c4ccccc4)CC3)C2=O)cc1.Cl.Cl. The van der Waals surface area contributed by atoms with Gasteiger partial charge in [0.1, 0.15) is 5.75 Å². The molecule has 0 unspecified atom stereocenters. The monoisotopic (exact) mass is 561 g/mol. The predicted molar refractivity (Wildman–Crippen MR) is 160 cm³/mol. The van der Waals surface area contributed by atoms with E-state index in [2.05, 4.69) is 71.0 Å². The summed E-state index contributed by atoms with van der Waals surface area (Å²) in [6.45, 7) is 13.0. The van der Waals surface area contributed by atoms with Gasteiger partial charge in [-0.1, -0.05) is 56.3 Å². The smallest absolute Gasteiger partial charge is 0.229 e. The van der Waals surface area contributed by atoms with Crippen LogP contribution in [-0.2, 0) is 11.3 Å². The predicted octanol–water partition coefficient (Wildman–Crippen LogP) is 5.72. The molecule has 5 rings (SSSR count). The van der Waals surface area contributed by atoms with E-state index in [0.717, 1.165) is 51.2 Å². The Morgan fingerprint density at radius 2 is 1.55 bits per heavy atom. The second-order valence-corrected chi connectivity index (χ2v) is 11.8. The highest BCUT2D eigenvalue weighted by Crippen LogP contribution is 2.43. The number of carbonyl (C=O) groups excluding carboxylic acids is 1. The molecule has 2 aromatic carbocycles. The van der Waals surface area contributed by atoms with Crippen LogP contribution in [0.1, 0.15) is 50.2 Å². The number of rotatable bonds is 8. The molecule has 1 amide bonds. The Hall–Kier alpha value is -1.79. The molecule has 0 aromatic heterocycles. The molecule has 0 radical (unpaired) electrons. The van der Waals surface area contributed by atoms with E-state index < -0.39 is 0 Å². The number of hydrogen-bond acceptors (Lipinski definition) is 4. The van der Waals surface area contributed by atoms with Crippen molar-refractivity contribution in [1.82, 2.24) is 14.7 Å². The molecule has 3 saturated heterocycles. The van der Waals surface area contributed by atoms with Crippen LogP contribution in [0.3, 0.4) is 0 Å². The van der Waals surface area contributed by atoms with Crippen LogP contribution >= 0.6 is 24.8 Å².